The van der Waals surface area contributed by atoms with Crippen molar-refractivity contribution in [3.63, 3.8) is 0 Å². The summed E-state index contributed by atoms with van der Waals surface area (Å²) in [6.45, 7) is 7.64. The second-order valence-electron chi connectivity index (χ2n) is 8.13. The summed E-state index contributed by atoms with van der Waals surface area (Å²) in [7, 11) is 0. The number of carbonyl (C=O) groups excluding carboxylic acids is 1. The quantitative estimate of drug-likeness (QED) is 0.744. The zero-order chi connectivity index (χ0) is 19.3. The van der Waals surface area contributed by atoms with Crippen molar-refractivity contribution in [1.29, 1.82) is 0 Å². The molecule has 27 heavy (non-hydrogen) atoms. The van der Waals surface area contributed by atoms with E-state index in [1.807, 2.05) is 30.3 Å². The zero-order valence-electron chi connectivity index (χ0n) is 16.1. The van der Waals surface area contributed by atoms with Crippen LogP contribution in [0.2, 0.25) is 0 Å². The number of aldehydes is 1. The second-order valence-corrected chi connectivity index (χ2v) is 8.13. The van der Waals surface area contributed by atoms with Gasteiger partial charge in [-0.3, -0.25) is 4.79 Å². The highest BCUT2D eigenvalue weighted by molar-refractivity contribution is 5.67. The van der Waals surface area contributed by atoms with E-state index in [1.54, 1.807) is 27.7 Å². The maximum Gasteiger partial charge on any atom is 0.234 e. The van der Waals surface area contributed by atoms with E-state index in [-0.39, 0.29) is 19.8 Å². The largest absolute Gasteiger partial charge is 0.355 e. The van der Waals surface area contributed by atoms with E-state index in [9.17, 15) is 4.79 Å². The summed E-state index contributed by atoms with van der Waals surface area (Å²) >= 11 is 0. The van der Waals surface area contributed by atoms with Crippen LogP contribution in [0.15, 0.2) is 30.3 Å². The normalized spacial score (nSPS) is 39.4. The Morgan fingerprint density at radius 3 is 2.44 bits per heavy atom. The maximum absolute atomic E-state index is 12.6. The molecular formula is C20H26O7. The van der Waals surface area contributed by atoms with Gasteiger partial charge >= 0.3 is 0 Å². The van der Waals surface area contributed by atoms with Crippen molar-refractivity contribution in [2.45, 2.75) is 69.5 Å². The average molecular weight is 378 g/mol. The zero-order valence-corrected chi connectivity index (χ0v) is 16.1. The van der Waals surface area contributed by atoms with E-state index < -0.39 is 35.2 Å². The number of benzene rings is 1. The number of carbonyl (C=O) groups is 1. The Morgan fingerprint density at radius 2 is 1.81 bits per heavy atom. The molecule has 0 bridgehead atoms. The molecular weight excluding hydrogens is 352 g/mol. The topological polar surface area (TPSA) is 72.5 Å². The minimum atomic E-state index is -1.53. The lowest BCUT2D eigenvalue weighted by Crippen LogP contribution is -2.72. The fraction of sp³-hybridized carbons (Fsp3) is 0.650. The summed E-state index contributed by atoms with van der Waals surface area (Å²) in [5.41, 5.74) is -0.611. The van der Waals surface area contributed by atoms with Gasteiger partial charge in [0, 0.05) is 0 Å². The monoisotopic (exact) mass is 378 g/mol. The van der Waals surface area contributed by atoms with Crippen molar-refractivity contribution in [3.8, 4) is 0 Å². The molecule has 0 saturated carbocycles. The molecule has 4 rings (SSSR count). The molecule has 3 fully saturated rings. The molecule has 7 heteroatoms. The SMILES string of the molecule is CC1(C)O[C@@H]2[C@@H](CO[C@]3(COC(C)(C)O3)[C@]2(C=O)OCc2ccccc2)O1. The van der Waals surface area contributed by atoms with Gasteiger partial charge in [-0.15, -0.1) is 0 Å². The molecule has 0 amide bonds. The number of rotatable bonds is 4. The van der Waals surface area contributed by atoms with E-state index in [2.05, 4.69) is 0 Å². The molecule has 7 nitrogen and oxygen atoms in total. The van der Waals surface area contributed by atoms with Crippen molar-refractivity contribution >= 4 is 6.29 Å². The van der Waals surface area contributed by atoms with Gasteiger partial charge in [0.25, 0.3) is 0 Å². The van der Waals surface area contributed by atoms with Crippen molar-refractivity contribution in [3.05, 3.63) is 35.9 Å². The summed E-state index contributed by atoms with van der Waals surface area (Å²) in [6.07, 6.45) is -0.402. The molecule has 0 unspecified atom stereocenters. The molecule has 4 atom stereocenters. The molecule has 1 aromatic rings. The highest BCUT2D eigenvalue weighted by Crippen LogP contribution is 2.50. The van der Waals surface area contributed by atoms with Crippen LogP contribution in [0.1, 0.15) is 33.3 Å². The van der Waals surface area contributed by atoms with Gasteiger partial charge in [-0.05, 0) is 33.3 Å². The summed E-state index contributed by atoms with van der Waals surface area (Å²) in [5, 5.41) is 0. The third-order valence-corrected chi connectivity index (χ3v) is 5.20. The molecule has 0 N–H and O–H groups in total. The molecule has 148 valence electrons. The number of ether oxygens (including phenoxy) is 6. The van der Waals surface area contributed by atoms with E-state index in [0.717, 1.165) is 11.8 Å². The Balaban J connectivity index is 1.72. The van der Waals surface area contributed by atoms with Gasteiger partial charge in [-0.25, -0.2) is 0 Å². The average Bonchev–Trinajstić information content (AvgIpc) is 3.11. The van der Waals surface area contributed by atoms with Crippen molar-refractivity contribution in [1.82, 2.24) is 0 Å². The van der Waals surface area contributed by atoms with Crippen LogP contribution in [0.25, 0.3) is 0 Å². The maximum atomic E-state index is 12.6. The van der Waals surface area contributed by atoms with Crippen LogP contribution in [-0.2, 0) is 39.8 Å². The lowest BCUT2D eigenvalue weighted by molar-refractivity contribution is -0.361. The molecule has 1 aromatic carbocycles. The minimum absolute atomic E-state index is 0.0561. The van der Waals surface area contributed by atoms with E-state index in [4.69, 9.17) is 28.4 Å². The smallest absolute Gasteiger partial charge is 0.234 e. The van der Waals surface area contributed by atoms with Gasteiger partial charge in [0.1, 0.15) is 18.8 Å². The first-order valence-electron chi connectivity index (χ1n) is 9.19. The molecule has 0 aliphatic carbocycles. The van der Waals surface area contributed by atoms with Gasteiger partial charge in [-0.1, -0.05) is 30.3 Å². The summed E-state index contributed by atoms with van der Waals surface area (Å²) in [4.78, 5) is 12.6. The van der Waals surface area contributed by atoms with Crippen LogP contribution in [0.5, 0.6) is 0 Å². The highest BCUT2D eigenvalue weighted by Gasteiger charge is 2.72. The Bertz CT molecular complexity index is 702. The van der Waals surface area contributed by atoms with Crippen LogP contribution in [0.3, 0.4) is 0 Å². The first-order chi connectivity index (χ1) is 12.7. The number of hydrogen-bond acceptors (Lipinski definition) is 7. The van der Waals surface area contributed by atoms with Crippen LogP contribution in [-0.4, -0.2) is 54.7 Å². The lowest BCUT2D eigenvalue weighted by Gasteiger charge is -2.49. The summed E-state index contributed by atoms with van der Waals surface area (Å²) < 4.78 is 36.2. The van der Waals surface area contributed by atoms with E-state index >= 15 is 0 Å². The van der Waals surface area contributed by atoms with Gasteiger partial charge in [-0.2, -0.15) is 0 Å². The molecule has 1 spiro atoms. The summed E-state index contributed by atoms with van der Waals surface area (Å²) in [5.74, 6) is -3.17. The Labute approximate surface area is 158 Å². The number of fused-ring (bicyclic) bond motifs is 1. The fourth-order valence-electron chi connectivity index (χ4n) is 4.02. The lowest BCUT2D eigenvalue weighted by atomic mass is 9.82. The van der Waals surface area contributed by atoms with Gasteiger partial charge in [0.2, 0.25) is 11.4 Å². The highest BCUT2D eigenvalue weighted by atomic mass is 16.9. The molecule has 0 radical (unpaired) electrons. The van der Waals surface area contributed by atoms with Crippen LogP contribution < -0.4 is 0 Å². The minimum Gasteiger partial charge on any atom is -0.355 e. The predicted octanol–water partition coefficient (Wildman–Crippen LogP) is 2.17. The Morgan fingerprint density at radius 1 is 1.07 bits per heavy atom. The Kier molecular flexibility index (Phi) is 4.46. The van der Waals surface area contributed by atoms with Crippen LogP contribution in [0, 0.1) is 0 Å². The molecule has 3 heterocycles. The van der Waals surface area contributed by atoms with E-state index in [1.165, 1.54) is 0 Å². The van der Waals surface area contributed by atoms with Crippen molar-refractivity contribution in [2.24, 2.45) is 0 Å². The standard InChI is InChI=1S/C20H26O7/c1-17(2)24-13-20(27-17)19(12-21,22-10-14-8-6-5-7-9-14)16-15(11-23-20)25-18(3,4)26-16/h5-9,12,15-16H,10-11,13H2,1-4H3/t15-,16-,19-,20+/m1/s1. The van der Waals surface area contributed by atoms with Crippen LogP contribution in [0.4, 0.5) is 0 Å². The van der Waals surface area contributed by atoms with E-state index in [0.29, 0.717) is 0 Å². The fourth-order valence-corrected chi connectivity index (χ4v) is 4.02. The molecule has 3 aliphatic rings. The molecule has 0 aromatic heterocycles. The summed E-state index contributed by atoms with van der Waals surface area (Å²) in [6, 6.07) is 9.61. The second kappa shape index (κ2) is 6.34. The van der Waals surface area contributed by atoms with Crippen molar-refractivity contribution < 1.29 is 33.2 Å². The van der Waals surface area contributed by atoms with Crippen LogP contribution >= 0.6 is 0 Å². The third kappa shape index (κ3) is 3.12. The Hall–Kier alpha value is -1.35. The van der Waals surface area contributed by atoms with Gasteiger partial charge < -0.3 is 28.4 Å². The number of hydrogen-bond donors (Lipinski definition) is 0. The van der Waals surface area contributed by atoms with Gasteiger partial charge in [0.05, 0.1) is 13.2 Å². The van der Waals surface area contributed by atoms with Gasteiger partial charge in [0.15, 0.2) is 17.9 Å². The first-order valence-corrected chi connectivity index (χ1v) is 9.19. The first kappa shape index (κ1) is 19.0. The predicted molar refractivity (Wildman–Crippen MR) is 93.7 cm³/mol. The van der Waals surface area contributed by atoms with Crippen molar-refractivity contribution in [2.75, 3.05) is 13.2 Å². The molecule has 3 saturated heterocycles. The third-order valence-electron chi connectivity index (χ3n) is 5.20. The molecule has 3 aliphatic heterocycles.